The molecule has 0 radical (unpaired) electrons. The summed E-state index contributed by atoms with van der Waals surface area (Å²) in [5.74, 6) is 0. The molecule has 6 aromatic carbocycles. The first kappa shape index (κ1) is 24.3. The van der Waals surface area contributed by atoms with E-state index in [9.17, 15) is 0 Å². The lowest BCUT2D eigenvalue weighted by Gasteiger charge is -2.22. The smallest absolute Gasteiger partial charge is 0.171 e. The van der Waals surface area contributed by atoms with Gasteiger partial charge in [-0.1, -0.05) is 91.0 Å². The quantitative estimate of drug-likeness (QED) is 0.159. The van der Waals surface area contributed by atoms with Gasteiger partial charge in [0, 0.05) is 32.9 Å². The zero-order valence-electron chi connectivity index (χ0n) is 23.1. The number of nitrogens with zero attached hydrogens (tertiary/aromatic N) is 3. The Hall–Kier alpha value is -5.31. The van der Waals surface area contributed by atoms with Gasteiger partial charge in [-0.2, -0.15) is 0 Å². The first-order valence-corrected chi connectivity index (χ1v) is 16.1. The monoisotopic (exact) mass is 569 g/mol. The summed E-state index contributed by atoms with van der Waals surface area (Å²) in [6.07, 6.45) is 1.82. The molecule has 0 aliphatic heterocycles. The fourth-order valence-corrected chi connectivity index (χ4v) is 9.24. The van der Waals surface area contributed by atoms with Crippen LogP contribution in [0.3, 0.4) is 0 Å². The molecule has 0 atom stereocenters. The molecule has 0 amide bonds. The Morgan fingerprint density at radius 1 is 0.512 bits per heavy atom. The Bertz CT molecular complexity index is 2540. The van der Waals surface area contributed by atoms with E-state index >= 15 is 4.57 Å². The number of imidazole rings is 1. The Morgan fingerprint density at radius 3 is 1.84 bits per heavy atom. The van der Waals surface area contributed by atoms with E-state index in [1.807, 2.05) is 72.9 Å². The minimum atomic E-state index is -3.32. The summed E-state index contributed by atoms with van der Waals surface area (Å²) >= 11 is 0. The molecule has 0 unspecified atom stereocenters. The molecule has 0 saturated heterocycles. The molecule has 3 heterocycles. The largest absolute Gasteiger partial charge is 0.309 e. The fourth-order valence-electron chi connectivity index (χ4n) is 6.54. The molecular weight excluding hydrogens is 545 g/mol. The van der Waals surface area contributed by atoms with Gasteiger partial charge >= 0.3 is 0 Å². The van der Waals surface area contributed by atoms with Crippen LogP contribution in [0.1, 0.15) is 0 Å². The average Bonchev–Trinajstić information content (AvgIpc) is 3.47. The second kappa shape index (κ2) is 9.09. The van der Waals surface area contributed by atoms with E-state index in [0.29, 0.717) is 0 Å². The zero-order chi connectivity index (χ0) is 28.5. The van der Waals surface area contributed by atoms with E-state index in [2.05, 4.69) is 77.2 Å². The predicted molar refractivity (Wildman–Crippen MR) is 180 cm³/mol. The predicted octanol–water partition coefficient (Wildman–Crippen LogP) is 8.13. The minimum absolute atomic E-state index is 0.778. The Kier molecular flexibility index (Phi) is 5.14. The molecule has 0 bridgehead atoms. The maximum absolute atomic E-state index is 15.9. The van der Waals surface area contributed by atoms with Crippen LogP contribution >= 0.6 is 7.14 Å². The van der Waals surface area contributed by atoms with E-state index in [1.165, 1.54) is 0 Å². The second-order valence-electron chi connectivity index (χ2n) is 11.0. The summed E-state index contributed by atoms with van der Waals surface area (Å²) in [4.78, 5) is 9.81. The number of fused-ring (bicyclic) bond motifs is 10. The van der Waals surface area contributed by atoms with Gasteiger partial charge in [-0.15, -0.1) is 0 Å². The van der Waals surface area contributed by atoms with Crippen LogP contribution in [0.2, 0.25) is 0 Å². The first-order valence-electron chi connectivity index (χ1n) is 14.4. The van der Waals surface area contributed by atoms with Crippen LogP contribution in [0.25, 0.3) is 60.0 Å². The highest BCUT2D eigenvalue weighted by Crippen LogP contribution is 2.45. The third kappa shape index (κ3) is 3.54. The third-order valence-corrected chi connectivity index (χ3v) is 11.7. The van der Waals surface area contributed by atoms with Crippen LogP contribution in [0, 0.1) is 0 Å². The summed E-state index contributed by atoms with van der Waals surface area (Å²) in [5, 5.41) is 8.78. The SMILES string of the molecule is O=P(c1ccc2ccccc2c1)(c1ccc2ccccc2c1)c1ccc2c3ncccc3c3nc4ccccc4n3c2c1. The first-order chi connectivity index (χ1) is 21.2. The van der Waals surface area contributed by atoms with Gasteiger partial charge in [-0.3, -0.25) is 9.38 Å². The molecule has 0 fully saturated rings. The number of para-hydroxylation sites is 2. The molecule has 0 spiro atoms. The van der Waals surface area contributed by atoms with E-state index < -0.39 is 7.14 Å². The molecule has 0 N–H and O–H groups in total. The van der Waals surface area contributed by atoms with Crippen molar-refractivity contribution in [2.75, 3.05) is 0 Å². The van der Waals surface area contributed by atoms with Crippen molar-refractivity contribution in [2.24, 2.45) is 0 Å². The lowest BCUT2D eigenvalue weighted by Crippen LogP contribution is -2.25. The highest BCUT2D eigenvalue weighted by Gasteiger charge is 2.31. The lowest BCUT2D eigenvalue weighted by molar-refractivity contribution is 0.592. The minimum Gasteiger partial charge on any atom is -0.309 e. The van der Waals surface area contributed by atoms with Crippen molar-refractivity contribution in [1.82, 2.24) is 14.4 Å². The third-order valence-electron chi connectivity index (χ3n) is 8.64. The molecule has 202 valence electrons. The number of aromatic nitrogens is 3. The van der Waals surface area contributed by atoms with Crippen LogP contribution in [-0.4, -0.2) is 14.4 Å². The normalized spacial score (nSPS) is 12.3. The number of rotatable bonds is 3. The average molecular weight is 570 g/mol. The summed E-state index contributed by atoms with van der Waals surface area (Å²) < 4.78 is 18.1. The van der Waals surface area contributed by atoms with E-state index in [0.717, 1.165) is 75.9 Å². The fraction of sp³-hybridized carbons (Fsp3) is 0. The molecule has 0 aliphatic carbocycles. The maximum atomic E-state index is 15.9. The standard InChI is InChI=1S/C38H24N3OP/c42-43(29-17-15-25-8-1-3-10-27(25)22-29,30-18-16-26-9-2-4-11-28(26)23-30)31-19-20-32-36(24-31)41-35-14-6-5-13-34(35)40-38(41)33-12-7-21-39-37(32)33/h1-24H. The van der Waals surface area contributed by atoms with Crippen LogP contribution in [0.4, 0.5) is 0 Å². The van der Waals surface area contributed by atoms with Gasteiger partial charge in [-0.05, 0) is 70.1 Å². The second-order valence-corrected chi connectivity index (χ2v) is 13.8. The molecule has 9 rings (SSSR count). The number of benzene rings is 6. The molecule has 5 heteroatoms. The number of pyridine rings is 2. The van der Waals surface area contributed by atoms with E-state index in [1.54, 1.807) is 0 Å². The van der Waals surface area contributed by atoms with Gasteiger partial charge in [0.15, 0.2) is 7.14 Å². The number of hydrogen-bond acceptors (Lipinski definition) is 3. The summed E-state index contributed by atoms with van der Waals surface area (Å²) in [6.45, 7) is 0. The highest BCUT2D eigenvalue weighted by molar-refractivity contribution is 7.85. The van der Waals surface area contributed by atoms with Crippen LogP contribution < -0.4 is 15.9 Å². The van der Waals surface area contributed by atoms with Gasteiger partial charge < -0.3 is 4.57 Å². The van der Waals surface area contributed by atoms with Crippen molar-refractivity contribution in [3.05, 3.63) is 146 Å². The number of hydrogen-bond donors (Lipinski definition) is 0. The van der Waals surface area contributed by atoms with E-state index in [4.69, 9.17) is 9.97 Å². The van der Waals surface area contributed by atoms with Crippen molar-refractivity contribution in [2.45, 2.75) is 0 Å². The molecule has 0 saturated carbocycles. The summed E-state index contributed by atoms with van der Waals surface area (Å²) in [6, 6.07) is 47.3. The van der Waals surface area contributed by atoms with Gasteiger partial charge in [0.25, 0.3) is 0 Å². The van der Waals surface area contributed by atoms with Gasteiger partial charge in [0.2, 0.25) is 0 Å². The zero-order valence-corrected chi connectivity index (χ0v) is 23.9. The lowest BCUT2D eigenvalue weighted by atomic mass is 10.1. The van der Waals surface area contributed by atoms with Crippen molar-refractivity contribution in [1.29, 1.82) is 0 Å². The molecule has 0 aliphatic rings. The van der Waals surface area contributed by atoms with Crippen LogP contribution in [0.5, 0.6) is 0 Å². The van der Waals surface area contributed by atoms with Crippen molar-refractivity contribution < 1.29 is 4.57 Å². The molecule has 43 heavy (non-hydrogen) atoms. The molecule has 3 aromatic heterocycles. The molecular formula is C38H24N3OP. The van der Waals surface area contributed by atoms with Crippen molar-refractivity contribution >= 4 is 83.1 Å². The van der Waals surface area contributed by atoms with Gasteiger partial charge in [0.05, 0.1) is 22.1 Å². The van der Waals surface area contributed by atoms with Crippen molar-refractivity contribution in [3.63, 3.8) is 0 Å². The maximum Gasteiger partial charge on any atom is 0.171 e. The molecule has 9 aromatic rings. The Labute approximate surface area is 247 Å². The Balaban J connectivity index is 1.41. The van der Waals surface area contributed by atoms with Crippen LogP contribution in [-0.2, 0) is 4.57 Å². The topological polar surface area (TPSA) is 47.3 Å². The van der Waals surface area contributed by atoms with E-state index in [-0.39, 0.29) is 0 Å². The summed E-state index contributed by atoms with van der Waals surface area (Å²) in [7, 11) is -3.32. The summed E-state index contributed by atoms with van der Waals surface area (Å²) in [5.41, 5.74) is 4.60. The van der Waals surface area contributed by atoms with Gasteiger partial charge in [-0.25, -0.2) is 4.98 Å². The molecule has 4 nitrogen and oxygen atoms in total. The van der Waals surface area contributed by atoms with Crippen molar-refractivity contribution in [3.8, 4) is 0 Å². The highest BCUT2D eigenvalue weighted by atomic mass is 31.2. The van der Waals surface area contributed by atoms with Crippen LogP contribution in [0.15, 0.2) is 146 Å². The van der Waals surface area contributed by atoms with Gasteiger partial charge in [0.1, 0.15) is 5.65 Å². The Morgan fingerprint density at radius 2 is 1.12 bits per heavy atom.